The molecule has 5 heteroatoms. The summed E-state index contributed by atoms with van der Waals surface area (Å²) in [5, 5.41) is 18.2. The normalized spacial score (nSPS) is 30.1. The van der Waals surface area contributed by atoms with Crippen molar-refractivity contribution in [2.75, 3.05) is 5.75 Å². The minimum absolute atomic E-state index is 0.0253. The van der Waals surface area contributed by atoms with Crippen LogP contribution < -0.4 is 0 Å². The van der Waals surface area contributed by atoms with E-state index in [0.717, 1.165) is 12.2 Å². The van der Waals surface area contributed by atoms with Gasteiger partial charge in [-0.2, -0.15) is 11.8 Å². The number of aliphatic hydroxyl groups is 1. The molecule has 0 aromatic rings. The van der Waals surface area contributed by atoms with Gasteiger partial charge in [0.1, 0.15) is 0 Å². The summed E-state index contributed by atoms with van der Waals surface area (Å²) >= 11 is 1.63. The predicted molar refractivity (Wildman–Crippen MR) is 59.1 cm³/mol. The third kappa shape index (κ3) is 4.01. The number of carbonyl (C=O) groups is 1. The molecule has 88 valence electrons. The summed E-state index contributed by atoms with van der Waals surface area (Å²) in [6.07, 6.45) is 0.460. The van der Waals surface area contributed by atoms with Crippen LogP contribution in [0.25, 0.3) is 0 Å². The van der Waals surface area contributed by atoms with E-state index in [1.165, 1.54) is 0 Å². The standard InChI is InChI=1S/C10H18O4S/c1-6(11)7(2)15-5-8-3-4-9(14-8)10(12)13/h6-9,11H,3-5H2,1-2H3,(H,12,13). The summed E-state index contributed by atoms with van der Waals surface area (Å²) in [5.74, 6) is -0.110. The van der Waals surface area contributed by atoms with E-state index in [1.807, 2.05) is 6.92 Å². The number of aliphatic carboxylic acids is 1. The average Bonchev–Trinajstić information content (AvgIpc) is 2.62. The van der Waals surface area contributed by atoms with Gasteiger partial charge in [0.15, 0.2) is 6.10 Å². The summed E-state index contributed by atoms with van der Waals surface area (Å²) in [7, 11) is 0. The average molecular weight is 234 g/mol. The van der Waals surface area contributed by atoms with Gasteiger partial charge in [-0.25, -0.2) is 4.79 Å². The minimum atomic E-state index is -0.869. The van der Waals surface area contributed by atoms with Crippen LogP contribution in [0.4, 0.5) is 0 Å². The maximum Gasteiger partial charge on any atom is 0.332 e. The molecule has 0 aliphatic carbocycles. The Morgan fingerprint density at radius 3 is 2.67 bits per heavy atom. The summed E-state index contributed by atoms with van der Waals surface area (Å²) in [6, 6.07) is 0. The van der Waals surface area contributed by atoms with Crippen LogP contribution in [0.15, 0.2) is 0 Å². The van der Waals surface area contributed by atoms with Crippen LogP contribution in [0, 0.1) is 0 Å². The van der Waals surface area contributed by atoms with Gasteiger partial charge in [0.25, 0.3) is 0 Å². The van der Waals surface area contributed by atoms with Crippen molar-refractivity contribution in [1.82, 2.24) is 0 Å². The molecule has 2 N–H and O–H groups in total. The lowest BCUT2D eigenvalue weighted by molar-refractivity contribution is -0.148. The third-order valence-corrected chi connectivity index (χ3v) is 4.09. The van der Waals surface area contributed by atoms with Gasteiger partial charge in [-0.1, -0.05) is 6.92 Å². The largest absolute Gasteiger partial charge is 0.479 e. The lowest BCUT2D eigenvalue weighted by Crippen LogP contribution is -2.23. The Hall–Kier alpha value is -0.260. The van der Waals surface area contributed by atoms with Gasteiger partial charge in [0, 0.05) is 11.0 Å². The van der Waals surface area contributed by atoms with Gasteiger partial charge in [-0.05, 0) is 19.8 Å². The quantitative estimate of drug-likeness (QED) is 0.746. The Morgan fingerprint density at radius 2 is 2.20 bits per heavy atom. The molecule has 1 rings (SSSR count). The second-order valence-corrected chi connectivity index (χ2v) is 5.35. The van der Waals surface area contributed by atoms with Crippen LogP contribution in [0.2, 0.25) is 0 Å². The van der Waals surface area contributed by atoms with Gasteiger partial charge in [0.2, 0.25) is 0 Å². The molecule has 0 radical (unpaired) electrons. The first-order valence-corrected chi connectivity index (χ1v) is 6.23. The monoisotopic (exact) mass is 234 g/mol. The van der Waals surface area contributed by atoms with Crippen molar-refractivity contribution in [2.24, 2.45) is 0 Å². The fraction of sp³-hybridized carbons (Fsp3) is 0.900. The molecule has 1 saturated heterocycles. The molecular weight excluding hydrogens is 216 g/mol. The van der Waals surface area contributed by atoms with Crippen molar-refractivity contribution >= 4 is 17.7 Å². The highest BCUT2D eigenvalue weighted by Gasteiger charge is 2.30. The fourth-order valence-electron chi connectivity index (χ4n) is 1.41. The third-order valence-electron chi connectivity index (χ3n) is 2.61. The van der Waals surface area contributed by atoms with Crippen LogP contribution in [-0.2, 0) is 9.53 Å². The zero-order valence-electron chi connectivity index (χ0n) is 9.05. The van der Waals surface area contributed by atoms with Crippen LogP contribution >= 0.6 is 11.8 Å². The van der Waals surface area contributed by atoms with Gasteiger partial charge < -0.3 is 14.9 Å². The smallest absolute Gasteiger partial charge is 0.332 e. The molecule has 1 fully saturated rings. The van der Waals surface area contributed by atoms with E-state index in [0.29, 0.717) is 6.42 Å². The van der Waals surface area contributed by atoms with Crippen LogP contribution in [0.3, 0.4) is 0 Å². The second kappa shape index (κ2) is 5.72. The molecule has 1 aliphatic rings. The summed E-state index contributed by atoms with van der Waals surface area (Å²) in [5.41, 5.74) is 0. The zero-order valence-corrected chi connectivity index (χ0v) is 9.87. The van der Waals surface area contributed by atoms with E-state index >= 15 is 0 Å². The number of thioether (sulfide) groups is 1. The molecule has 15 heavy (non-hydrogen) atoms. The molecule has 0 saturated carbocycles. The number of hydrogen-bond donors (Lipinski definition) is 2. The maximum atomic E-state index is 10.6. The number of carboxylic acids is 1. The highest BCUT2D eigenvalue weighted by molar-refractivity contribution is 7.99. The first-order valence-electron chi connectivity index (χ1n) is 5.18. The van der Waals surface area contributed by atoms with E-state index < -0.39 is 12.1 Å². The molecule has 0 amide bonds. The van der Waals surface area contributed by atoms with E-state index in [4.69, 9.17) is 9.84 Å². The van der Waals surface area contributed by atoms with Gasteiger partial charge >= 0.3 is 5.97 Å². The van der Waals surface area contributed by atoms with E-state index in [1.54, 1.807) is 18.7 Å². The van der Waals surface area contributed by atoms with Crippen molar-refractivity contribution in [2.45, 2.75) is 50.3 Å². The Morgan fingerprint density at radius 1 is 1.53 bits per heavy atom. The lowest BCUT2D eigenvalue weighted by atomic mass is 10.2. The summed E-state index contributed by atoms with van der Waals surface area (Å²) in [4.78, 5) is 10.6. The van der Waals surface area contributed by atoms with Crippen molar-refractivity contribution in [3.8, 4) is 0 Å². The van der Waals surface area contributed by atoms with Gasteiger partial charge in [-0.15, -0.1) is 0 Å². The highest BCUT2D eigenvalue weighted by Crippen LogP contribution is 2.25. The Balaban J connectivity index is 2.22. The second-order valence-electron chi connectivity index (χ2n) is 3.94. The molecule has 0 spiro atoms. The summed E-state index contributed by atoms with van der Waals surface area (Å²) < 4.78 is 5.35. The number of carboxylic acid groups (broad SMARTS) is 1. The van der Waals surface area contributed by atoms with Crippen molar-refractivity contribution in [3.63, 3.8) is 0 Å². The molecule has 0 aromatic heterocycles. The van der Waals surface area contributed by atoms with Gasteiger partial charge in [0.05, 0.1) is 12.2 Å². The molecule has 0 aromatic carbocycles. The fourth-order valence-corrected chi connectivity index (χ4v) is 2.45. The molecule has 4 atom stereocenters. The first kappa shape index (κ1) is 12.8. The molecule has 1 aliphatic heterocycles. The summed E-state index contributed by atoms with van der Waals surface area (Å²) in [6.45, 7) is 3.71. The van der Waals surface area contributed by atoms with Gasteiger partial charge in [-0.3, -0.25) is 0 Å². The topological polar surface area (TPSA) is 66.8 Å². The maximum absolute atomic E-state index is 10.6. The van der Waals surface area contributed by atoms with Crippen LogP contribution in [0.5, 0.6) is 0 Å². The number of rotatable bonds is 5. The van der Waals surface area contributed by atoms with E-state index in [-0.39, 0.29) is 17.5 Å². The van der Waals surface area contributed by atoms with E-state index in [2.05, 4.69) is 0 Å². The molecular formula is C10H18O4S. The van der Waals surface area contributed by atoms with Crippen LogP contribution in [0.1, 0.15) is 26.7 Å². The highest BCUT2D eigenvalue weighted by atomic mass is 32.2. The molecule has 4 unspecified atom stereocenters. The van der Waals surface area contributed by atoms with Crippen molar-refractivity contribution < 1.29 is 19.7 Å². The molecule has 4 nitrogen and oxygen atoms in total. The van der Waals surface area contributed by atoms with E-state index in [9.17, 15) is 9.90 Å². The number of aliphatic hydroxyl groups excluding tert-OH is 1. The Kier molecular flexibility index (Phi) is 4.89. The zero-order chi connectivity index (χ0) is 11.4. The van der Waals surface area contributed by atoms with Crippen molar-refractivity contribution in [3.05, 3.63) is 0 Å². The molecule has 0 bridgehead atoms. The predicted octanol–water partition coefficient (Wildman–Crippen LogP) is 1.12. The number of hydrogen-bond acceptors (Lipinski definition) is 4. The first-order chi connectivity index (χ1) is 7.00. The Bertz CT molecular complexity index is 219. The Labute approximate surface area is 94.0 Å². The minimum Gasteiger partial charge on any atom is -0.479 e. The van der Waals surface area contributed by atoms with Crippen LogP contribution in [-0.4, -0.2) is 45.5 Å². The SMILES string of the molecule is CC(O)C(C)SCC1CCC(C(=O)O)O1. The van der Waals surface area contributed by atoms with Crippen molar-refractivity contribution in [1.29, 1.82) is 0 Å². The molecule has 1 heterocycles. The lowest BCUT2D eigenvalue weighted by Gasteiger charge is -2.17. The number of ether oxygens (including phenoxy) is 1.